The van der Waals surface area contributed by atoms with E-state index in [9.17, 15) is 0 Å². The minimum atomic E-state index is 0.694. The Morgan fingerprint density at radius 3 is 2.86 bits per heavy atom. The van der Waals surface area contributed by atoms with Crippen LogP contribution in [0.5, 0.6) is 0 Å². The van der Waals surface area contributed by atoms with Crippen molar-refractivity contribution >= 4 is 18.4 Å². The minimum Gasteiger partial charge on any atom is -0.269 e. The Bertz CT molecular complexity index is 129. The van der Waals surface area contributed by atoms with Gasteiger partial charge >= 0.3 is 0 Å². The van der Waals surface area contributed by atoms with Gasteiger partial charge in [-0.3, -0.25) is 4.99 Å². The predicted octanol–water partition coefficient (Wildman–Crippen LogP) is 0.127. The number of nitrogens with zero attached hydrogens (tertiary/aromatic N) is 3. The van der Waals surface area contributed by atoms with Crippen LogP contribution in [0.15, 0.2) is 15.0 Å². The van der Waals surface area contributed by atoms with Gasteiger partial charge in [-0.1, -0.05) is 0 Å². The van der Waals surface area contributed by atoms with Crippen LogP contribution in [0.2, 0.25) is 0 Å². The highest BCUT2D eigenvalue weighted by Crippen LogP contribution is 1.80. The molecule has 0 aromatic rings. The maximum Gasteiger partial charge on any atom is 0.167 e. The van der Waals surface area contributed by atoms with E-state index in [0.717, 1.165) is 0 Å². The third-order valence-corrected chi connectivity index (χ3v) is 0.676. The molecule has 0 radical (unpaired) electrons. The van der Waals surface area contributed by atoms with E-state index < -0.39 is 0 Å². The van der Waals surface area contributed by atoms with E-state index in [1.54, 1.807) is 13.3 Å². The molecule has 0 atom stereocenters. The molecular weight excluding hydrogens is 90.1 g/mol. The topological polar surface area (TPSA) is 37.1 Å². The zero-order chi connectivity index (χ0) is 5.11. The summed E-state index contributed by atoms with van der Waals surface area (Å²) in [6, 6.07) is 0. The minimum absolute atomic E-state index is 0.694. The van der Waals surface area contributed by atoms with Crippen LogP contribution in [-0.4, -0.2) is 25.4 Å². The molecule has 0 N–H and O–H groups in total. The third kappa shape index (κ3) is 0.707. The average molecular weight is 95.1 g/mol. The summed E-state index contributed by atoms with van der Waals surface area (Å²) in [7, 11) is 1.68. The Labute approximate surface area is 41.5 Å². The van der Waals surface area contributed by atoms with Gasteiger partial charge in [0.25, 0.3) is 0 Å². The maximum absolute atomic E-state index is 3.76. The van der Waals surface area contributed by atoms with Crippen molar-refractivity contribution in [1.29, 1.82) is 0 Å². The highest BCUT2D eigenvalue weighted by atomic mass is 15.0. The van der Waals surface area contributed by atoms with Gasteiger partial charge < -0.3 is 0 Å². The Hall–Kier alpha value is -0.990. The number of hydrogen-bond donors (Lipinski definition) is 0. The van der Waals surface area contributed by atoms with Gasteiger partial charge in [-0.2, -0.15) is 0 Å². The van der Waals surface area contributed by atoms with Crippen LogP contribution >= 0.6 is 0 Å². The molecule has 0 amide bonds. The molecule has 3 nitrogen and oxygen atoms in total. The lowest BCUT2D eigenvalue weighted by Crippen LogP contribution is -1.87. The molecule has 0 aromatic carbocycles. The summed E-state index contributed by atoms with van der Waals surface area (Å²) in [4.78, 5) is 11.2. The molecule has 0 fully saturated rings. The number of hydrogen-bond acceptors (Lipinski definition) is 2. The standard InChI is InChI=1S/C4H5N3/c1-5-4-2-6-3-7-4/h2-3H,1H3. The summed E-state index contributed by atoms with van der Waals surface area (Å²) in [5.41, 5.74) is 0. The molecule has 1 aliphatic heterocycles. The molecule has 1 rings (SSSR count). The van der Waals surface area contributed by atoms with Gasteiger partial charge in [0, 0.05) is 7.05 Å². The van der Waals surface area contributed by atoms with Crippen LogP contribution < -0.4 is 0 Å². The molecule has 3 heteroatoms. The Balaban J connectivity index is 2.79. The summed E-state index contributed by atoms with van der Waals surface area (Å²) in [5, 5.41) is 0. The first-order valence-electron chi connectivity index (χ1n) is 1.96. The highest BCUT2D eigenvalue weighted by molar-refractivity contribution is 6.35. The van der Waals surface area contributed by atoms with E-state index in [2.05, 4.69) is 15.0 Å². The van der Waals surface area contributed by atoms with Crippen LogP contribution in [0, 0.1) is 0 Å². The van der Waals surface area contributed by atoms with Crippen molar-refractivity contribution in [3.05, 3.63) is 0 Å². The largest absolute Gasteiger partial charge is 0.269 e. The summed E-state index contributed by atoms with van der Waals surface area (Å²) >= 11 is 0. The summed E-state index contributed by atoms with van der Waals surface area (Å²) < 4.78 is 0. The van der Waals surface area contributed by atoms with E-state index in [1.165, 1.54) is 6.34 Å². The molecular formula is C4H5N3. The van der Waals surface area contributed by atoms with Crippen LogP contribution in [0.3, 0.4) is 0 Å². The van der Waals surface area contributed by atoms with Gasteiger partial charge in [0.1, 0.15) is 6.34 Å². The molecule has 0 saturated carbocycles. The summed E-state index contributed by atoms with van der Waals surface area (Å²) in [5.74, 6) is 0.694. The molecule has 0 aromatic heterocycles. The monoisotopic (exact) mass is 95.0 g/mol. The van der Waals surface area contributed by atoms with Gasteiger partial charge in [-0.15, -0.1) is 0 Å². The van der Waals surface area contributed by atoms with E-state index in [-0.39, 0.29) is 0 Å². The summed E-state index contributed by atoms with van der Waals surface area (Å²) in [6.45, 7) is 0. The molecule has 0 spiro atoms. The molecule has 0 bridgehead atoms. The molecule has 1 heterocycles. The zero-order valence-corrected chi connectivity index (χ0v) is 4.00. The lowest BCUT2D eigenvalue weighted by atomic mass is 10.7. The van der Waals surface area contributed by atoms with Crippen molar-refractivity contribution < 1.29 is 0 Å². The van der Waals surface area contributed by atoms with Crippen molar-refractivity contribution in [2.45, 2.75) is 0 Å². The van der Waals surface area contributed by atoms with E-state index in [1.807, 2.05) is 0 Å². The van der Waals surface area contributed by atoms with Crippen LogP contribution in [0.4, 0.5) is 0 Å². The molecule has 0 saturated heterocycles. The third-order valence-electron chi connectivity index (χ3n) is 0.676. The first kappa shape index (κ1) is 4.18. The first-order valence-corrected chi connectivity index (χ1v) is 1.96. The van der Waals surface area contributed by atoms with Gasteiger partial charge in [-0.05, 0) is 0 Å². The van der Waals surface area contributed by atoms with Crippen LogP contribution in [-0.2, 0) is 0 Å². The average Bonchev–Trinajstić information content (AvgIpc) is 2.14. The fraction of sp³-hybridized carbons (Fsp3) is 0.250. The van der Waals surface area contributed by atoms with Gasteiger partial charge in [0.2, 0.25) is 0 Å². The molecule has 0 unspecified atom stereocenters. The van der Waals surface area contributed by atoms with Gasteiger partial charge in [0.15, 0.2) is 5.84 Å². The fourth-order valence-corrected chi connectivity index (χ4v) is 0.341. The lowest BCUT2D eigenvalue weighted by Gasteiger charge is -1.74. The molecule has 7 heavy (non-hydrogen) atoms. The second kappa shape index (κ2) is 1.64. The normalized spacial score (nSPS) is 22.1. The van der Waals surface area contributed by atoms with E-state index >= 15 is 0 Å². The van der Waals surface area contributed by atoms with Crippen molar-refractivity contribution in [2.24, 2.45) is 15.0 Å². The first-order chi connectivity index (χ1) is 3.43. The Morgan fingerprint density at radius 1 is 1.71 bits per heavy atom. The smallest absolute Gasteiger partial charge is 0.167 e. The van der Waals surface area contributed by atoms with Gasteiger partial charge in [0.05, 0.1) is 6.21 Å². The number of aliphatic imine (C=N–C) groups is 3. The predicted molar refractivity (Wildman–Crippen MR) is 30.3 cm³/mol. The van der Waals surface area contributed by atoms with E-state index in [0.29, 0.717) is 5.84 Å². The second-order valence-corrected chi connectivity index (χ2v) is 1.10. The Morgan fingerprint density at radius 2 is 2.57 bits per heavy atom. The number of amidine groups is 1. The molecule has 36 valence electrons. The fourth-order valence-electron chi connectivity index (χ4n) is 0.341. The highest BCUT2D eigenvalue weighted by Gasteiger charge is 1.89. The van der Waals surface area contributed by atoms with Crippen molar-refractivity contribution in [3.63, 3.8) is 0 Å². The quantitative estimate of drug-likeness (QED) is 0.410. The maximum atomic E-state index is 3.76. The van der Waals surface area contributed by atoms with E-state index in [4.69, 9.17) is 0 Å². The second-order valence-electron chi connectivity index (χ2n) is 1.10. The van der Waals surface area contributed by atoms with Crippen molar-refractivity contribution in [3.8, 4) is 0 Å². The van der Waals surface area contributed by atoms with Crippen molar-refractivity contribution in [1.82, 2.24) is 0 Å². The molecule has 0 aliphatic carbocycles. The summed E-state index contributed by atoms with van der Waals surface area (Å²) in [6.07, 6.45) is 3.09. The SMILES string of the molecule is CN=C1C=NC=N1. The van der Waals surface area contributed by atoms with Crippen LogP contribution in [0.25, 0.3) is 0 Å². The zero-order valence-electron chi connectivity index (χ0n) is 4.00. The lowest BCUT2D eigenvalue weighted by molar-refractivity contribution is 1.43. The van der Waals surface area contributed by atoms with Crippen molar-refractivity contribution in [2.75, 3.05) is 7.05 Å². The van der Waals surface area contributed by atoms with Gasteiger partial charge in [-0.25, -0.2) is 9.98 Å². The molecule has 1 aliphatic rings. The van der Waals surface area contributed by atoms with Crippen LogP contribution in [0.1, 0.15) is 0 Å². The Kier molecular flexibility index (Phi) is 0.978. The number of rotatable bonds is 0.